The Bertz CT molecular complexity index is 316. The van der Waals surface area contributed by atoms with Crippen LogP contribution in [-0.4, -0.2) is 0 Å². The average Bonchev–Trinajstić information content (AvgIpc) is 2.19. The van der Waals surface area contributed by atoms with Crippen molar-refractivity contribution in [1.29, 1.82) is 0 Å². The summed E-state index contributed by atoms with van der Waals surface area (Å²) >= 11 is 0. The first-order valence-electron chi connectivity index (χ1n) is 5.32. The molecule has 0 spiro atoms. The zero-order valence-electron chi connectivity index (χ0n) is 8.30. The Morgan fingerprint density at radius 2 is 1.86 bits per heavy atom. The fourth-order valence-electron chi connectivity index (χ4n) is 2.33. The Hall–Kier alpha value is -1.05. The van der Waals surface area contributed by atoms with Crippen LogP contribution in [0.1, 0.15) is 43.6 Å². The highest BCUT2D eigenvalue weighted by molar-refractivity contribution is 5.48. The Balaban J connectivity index is 2.22. The van der Waals surface area contributed by atoms with Crippen LogP contribution in [0, 0.1) is 5.82 Å². The second kappa shape index (κ2) is 3.99. The molecule has 0 radical (unpaired) electrons. The lowest BCUT2D eigenvalue weighted by Gasteiger charge is -2.23. The van der Waals surface area contributed by atoms with Gasteiger partial charge in [-0.25, -0.2) is 4.39 Å². The minimum Gasteiger partial charge on any atom is -0.398 e. The molecule has 1 aliphatic carbocycles. The lowest BCUT2D eigenvalue weighted by molar-refractivity contribution is 0.444. The van der Waals surface area contributed by atoms with E-state index in [2.05, 4.69) is 0 Å². The molecule has 1 aromatic rings. The summed E-state index contributed by atoms with van der Waals surface area (Å²) in [4.78, 5) is 0. The van der Waals surface area contributed by atoms with Crippen LogP contribution in [0.15, 0.2) is 18.2 Å². The van der Waals surface area contributed by atoms with Crippen LogP contribution in [0.2, 0.25) is 0 Å². The van der Waals surface area contributed by atoms with Gasteiger partial charge in [-0.15, -0.1) is 0 Å². The van der Waals surface area contributed by atoms with Crippen LogP contribution in [0.25, 0.3) is 0 Å². The van der Waals surface area contributed by atoms with Crippen LogP contribution >= 0.6 is 0 Å². The van der Waals surface area contributed by atoms with Crippen molar-refractivity contribution in [2.24, 2.45) is 0 Å². The van der Waals surface area contributed by atoms with Crippen molar-refractivity contribution in [3.05, 3.63) is 29.6 Å². The summed E-state index contributed by atoms with van der Waals surface area (Å²) in [5, 5.41) is 0. The van der Waals surface area contributed by atoms with Gasteiger partial charge in [0.05, 0.1) is 0 Å². The number of benzene rings is 1. The maximum Gasteiger partial charge on any atom is 0.125 e. The van der Waals surface area contributed by atoms with Gasteiger partial charge in [0, 0.05) is 5.69 Å². The highest BCUT2D eigenvalue weighted by atomic mass is 19.1. The predicted molar refractivity (Wildman–Crippen MR) is 56.6 cm³/mol. The van der Waals surface area contributed by atoms with Crippen molar-refractivity contribution in [1.82, 2.24) is 0 Å². The van der Waals surface area contributed by atoms with E-state index in [4.69, 9.17) is 5.73 Å². The topological polar surface area (TPSA) is 26.0 Å². The maximum absolute atomic E-state index is 12.8. The van der Waals surface area contributed by atoms with Gasteiger partial charge in [0.15, 0.2) is 0 Å². The molecule has 0 bridgehead atoms. The first-order chi connectivity index (χ1) is 6.77. The molecule has 0 atom stereocenters. The molecule has 76 valence electrons. The highest BCUT2D eigenvalue weighted by Crippen LogP contribution is 2.35. The van der Waals surface area contributed by atoms with E-state index in [0.717, 1.165) is 5.56 Å². The molecule has 2 heteroatoms. The molecule has 1 saturated carbocycles. The van der Waals surface area contributed by atoms with Crippen LogP contribution in [0.5, 0.6) is 0 Å². The van der Waals surface area contributed by atoms with Gasteiger partial charge in [0.1, 0.15) is 5.82 Å². The first kappa shape index (κ1) is 9.50. The third kappa shape index (κ3) is 1.89. The third-order valence-electron chi connectivity index (χ3n) is 3.09. The second-order valence-electron chi connectivity index (χ2n) is 4.11. The highest BCUT2D eigenvalue weighted by Gasteiger charge is 2.17. The molecule has 0 aromatic heterocycles. The molecule has 2 N–H and O–H groups in total. The van der Waals surface area contributed by atoms with Crippen LogP contribution < -0.4 is 5.73 Å². The summed E-state index contributed by atoms with van der Waals surface area (Å²) in [6.07, 6.45) is 6.30. The number of hydrogen-bond acceptors (Lipinski definition) is 1. The number of hydrogen-bond donors (Lipinski definition) is 1. The minimum absolute atomic E-state index is 0.234. The van der Waals surface area contributed by atoms with Crippen molar-refractivity contribution < 1.29 is 4.39 Å². The van der Waals surface area contributed by atoms with E-state index >= 15 is 0 Å². The summed E-state index contributed by atoms with van der Waals surface area (Å²) in [5.74, 6) is 0.325. The molecular weight excluding hydrogens is 177 g/mol. The Labute approximate surface area is 84.1 Å². The van der Waals surface area contributed by atoms with Gasteiger partial charge < -0.3 is 5.73 Å². The monoisotopic (exact) mass is 193 g/mol. The van der Waals surface area contributed by atoms with Gasteiger partial charge in [-0.05, 0) is 36.5 Å². The van der Waals surface area contributed by atoms with Crippen molar-refractivity contribution in [3.8, 4) is 0 Å². The van der Waals surface area contributed by atoms with Gasteiger partial charge in [0.2, 0.25) is 0 Å². The molecule has 1 aromatic carbocycles. The van der Waals surface area contributed by atoms with Crippen LogP contribution in [0.3, 0.4) is 0 Å². The fourth-order valence-corrected chi connectivity index (χ4v) is 2.33. The molecule has 0 heterocycles. The van der Waals surface area contributed by atoms with Gasteiger partial charge >= 0.3 is 0 Å². The normalized spacial score (nSPS) is 18.4. The predicted octanol–water partition coefficient (Wildman–Crippen LogP) is 3.46. The Morgan fingerprint density at radius 3 is 2.50 bits per heavy atom. The van der Waals surface area contributed by atoms with Gasteiger partial charge in [0.25, 0.3) is 0 Å². The molecule has 0 amide bonds. The zero-order valence-corrected chi connectivity index (χ0v) is 8.30. The molecule has 1 aliphatic rings. The van der Waals surface area contributed by atoms with Gasteiger partial charge in [-0.1, -0.05) is 25.3 Å². The molecule has 0 saturated heterocycles. The van der Waals surface area contributed by atoms with Crippen LogP contribution in [0.4, 0.5) is 10.1 Å². The SMILES string of the molecule is Nc1cc(F)ccc1C1CCCCC1. The summed E-state index contributed by atoms with van der Waals surface area (Å²) in [5.41, 5.74) is 7.58. The zero-order chi connectivity index (χ0) is 9.97. The van der Waals surface area contributed by atoms with Crippen molar-refractivity contribution >= 4 is 5.69 Å². The molecule has 0 aliphatic heterocycles. The first-order valence-corrected chi connectivity index (χ1v) is 5.32. The van der Waals surface area contributed by atoms with E-state index in [-0.39, 0.29) is 5.82 Å². The number of rotatable bonds is 1. The average molecular weight is 193 g/mol. The van der Waals surface area contributed by atoms with Gasteiger partial charge in [-0.3, -0.25) is 0 Å². The van der Waals surface area contributed by atoms with Crippen molar-refractivity contribution in [2.45, 2.75) is 38.0 Å². The number of halogens is 1. The van der Waals surface area contributed by atoms with E-state index in [1.54, 1.807) is 0 Å². The fraction of sp³-hybridized carbons (Fsp3) is 0.500. The van der Waals surface area contributed by atoms with E-state index in [1.165, 1.54) is 44.2 Å². The number of nitrogens with two attached hydrogens (primary N) is 1. The van der Waals surface area contributed by atoms with E-state index in [0.29, 0.717) is 11.6 Å². The number of anilines is 1. The van der Waals surface area contributed by atoms with Gasteiger partial charge in [-0.2, -0.15) is 0 Å². The van der Waals surface area contributed by atoms with E-state index in [1.807, 2.05) is 6.07 Å². The lowest BCUT2D eigenvalue weighted by Crippen LogP contribution is -2.07. The molecule has 1 fully saturated rings. The van der Waals surface area contributed by atoms with Crippen molar-refractivity contribution in [3.63, 3.8) is 0 Å². The summed E-state index contributed by atoms with van der Waals surface area (Å²) in [6, 6.07) is 4.80. The quantitative estimate of drug-likeness (QED) is 0.679. The largest absolute Gasteiger partial charge is 0.398 e. The second-order valence-corrected chi connectivity index (χ2v) is 4.11. The smallest absolute Gasteiger partial charge is 0.125 e. The molecule has 14 heavy (non-hydrogen) atoms. The number of nitrogen functional groups attached to an aromatic ring is 1. The summed E-state index contributed by atoms with van der Waals surface area (Å²) < 4.78 is 12.8. The van der Waals surface area contributed by atoms with E-state index < -0.39 is 0 Å². The third-order valence-corrected chi connectivity index (χ3v) is 3.09. The van der Waals surface area contributed by atoms with Crippen LogP contribution in [-0.2, 0) is 0 Å². The Kier molecular flexibility index (Phi) is 2.71. The molecule has 1 nitrogen and oxygen atoms in total. The molecule has 0 unspecified atom stereocenters. The summed E-state index contributed by atoms with van der Waals surface area (Å²) in [7, 11) is 0. The van der Waals surface area contributed by atoms with E-state index in [9.17, 15) is 4.39 Å². The Morgan fingerprint density at radius 1 is 1.14 bits per heavy atom. The minimum atomic E-state index is -0.234. The summed E-state index contributed by atoms with van der Waals surface area (Å²) in [6.45, 7) is 0. The van der Waals surface area contributed by atoms with Crippen molar-refractivity contribution in [2.75, 3.05) is 5.73 Å². The molecule has 2 rings (SSSR count). The standard InChI is InChI=1S/C12H16FN/c13-10-6-7-11(12(14)8-10)9-4-2-1-3-5-9/h6-9H,1-5,14H2. The molecular formula is C12H16FN. The maximum atomic E-state index is 12.8. The lowest BCUT2D eigenvalue weighted by atomic mass is 9.83.